The molecule has 0 bridgehead atoms. The van der Waals surface area contributed by atoms with Gasteiger partial charge >= 0.3 is 0 Å². The summed E-state index contributed by atoms with van der Waals surface area (Å²) in [6, 6.07) is 6.51. The van der Waals surface area contributed by atoms with Crippen molar-refractivity contribution in [1.82, 2.24) is 4.72 Å². The van der Waals surface area contributed by atoms with E-state index in [0.717, 1.165) is 32.1 Å². The highest BCUT2D eigenvalue weighted by Gasteiger charge is 2.42. The largest absolute Gasteiger partial charge is 0.369 e. The van der Waals surface area contributed by atoms with Crippen molar-refractivity contribution in [1.29, 1.82) is 0 Å². The topological polar surface area (TPSA) is 126 Å². The van der Waals surface area contributed by atoms with E-state index in [1.54, 1.807) is 32.0 Å². The molecule has 26 heavy (non-hydrogen) atoms. The highest BCUT2D eigenvalue weighted by Crippen LogP contribution is 2.39. The third kappa shape index (κ3) is 3.54. The Labute approximate surface area is 154 Å². The highest BCUT2D eigenvalue weighted by atomic mass is 32.2. The zero-order valence-electron chi connectivity index (χ0n) is 15.1. The number of sulfonamides is 1. The first-order valence-electron chi connectivity index (χ1n) is 8.86. The van der Waals surface area contributed by atoms with E-state index in [-0.39, 0.29) is 22.9 Å². The van der Waals surface area contributed by atoms with Gasteiger partial charge in [0.1, 0.15) is 5.66 Å². The summed E-state index contributed by atoms with van der Waals surface area (Å²) in [5, 5.41) is 0. The van der Waals surface area contributed by atoms with Gasteiger partial charge in [-0.25, -0.2) is 18.1 Å². The Morgan fingerprint density at radius 3 is 2.54 bits per heavy atom. The van der Waals surface area contributed by atoms with E-state index in [0.29, 0.717) is 5.69 Å². The maximum Gasteiger partial charge on any atom is 0.240 e. The summed E-state index contributed by atoms with van der Waals surface area (Å²) >= 11 is 0. The van der Waals surface area contributed by atoms with E-state index in [9.17, 15) is 8.42 Å². The number of benzene rings is 1. The number of rotatable bonds is 4. The van der Waals surface area contributed by atoms with Crippen molar-refractivity contribution >= 4 is 27.6 Å². The van der Waals surface area contributed by atoms with Gasteiger partial charge in [0.25, 0.3) is 0 Å². The average Bonchev–Trinajstić information content (AvgIpc) is 2.54. The van der Waals surface area contributed by atoms with Crippen LogP contribution in [0.4, 0.5) is 5.69 Å². The van der Waals surface area contributed by atoms with Gasteiger partial charge < -0.3 is 11.5 Å². The van der Waals surface area contributed by atoms with E-state index in [4.69, 9.17) is 11.5 Å². The molecule has 1 heterocycles. The minimum absolute atomic E-state index is 0.172. The summed E-state index contributed by atoms with van der Waals surface area (Å²) in [5.41, 5.74) is 12.1. The summed E-state index contributed by atoms with van der Waals surface area (Å²) in [7, 11) is -3.61. The first-order valence-corrected chi connectivity index (χ1v) is 10.3. The van der Waals surface area contributed by atoms with Crippen LogP contribution in [-0.4, -0.2) is 32.0 Å². The van der Waals surface area contributed by atoms with Crippen LogP contribution in [0.2, 0.25) is 0 Å². The maximum absolute atomic E-state index is 12.5. The molecule has 5 N–H and O–H groups in total. The molecule has 0 aromatic heterocycles. The molecule has 0 amide bonds. The summed E-state index contributed by atoms with van der Waals surface area (Å²) in [6.07, 6.45) is 4.74. The molecule has 8 nitrogen and oxygen atoms in total. The molecule has 1 saturated carbocycles. The molecule has 2 aliphatic rings. The molecule has 0 atom stereocenters. The van der Waals surface area contributed by atoms with Gasteiger partial charge in [-0.05, 0) is 57.7 Å². The molecular formula is C17H26N6O2S. The van der Waals surface area contributed by atoms with Crippen LogP contribution in [-0.2, 0) is 10.0 Å². The van der Waals surface area contributed by atoms with Crippen LogP contribution < -0.4 is 21.1 Å². The molecule has 0 radical (unpaired) electrons. The van der Waals surface area contributed by atoms with Crippen LogP contribution in [0, 0.1) is 0 Å². The van der Waals surface area contributed by atoms with Gasteiger partial charge in [-0.2, -0.15) is 4.99 Å². The van der Waals surface area contributed by atoms with Crippen LogP contribution in [0.15, 0.2) is 39.1 Å². The van der Waals surface area contributed by atoms with E-state index in [1.807, 2.05) is 11.0 Å². The van der Waals surface area contributed by atoms with Crippen LogP contribution in [0.5, 0.6) is 0 Å². The Kier molecular flexibility index (Phi) is 4.94. The molecule has 9 heteroatoms. The zero-order chi connectivity index (χ0) is 18.9. The standard InChI is InChI=1S/C17H26N6O2S/c1-12(2)22-26(24,25)14-8-6-7-13(11-14)23-16(19)20-15(18)21-17(23)9-4-3-5-10-17/h6-8,11-12,22H,3-5,9-10H2,1-2H3,(H4,18,19,20,21). The second-order valence-electron chi connectivity index (χ2n) is 7.09. The number of hydrogen-bond acceptors (Lipinski definition) is 7. The Hall–Kier alpha value is -2.13. The second-order valence-corrected chi connectivity index (χ2v) is 8.81. The van der Waals surface area contributed by atoms with Crippen molar-refractivity contribution in [3.63, 3.8) is 0 Å². The number of anilines is 1. The Bertz CT molecular complexity index is 841. The van der Waals surface area contributed by atoms with Gasteiger partial charge in [-0.3, -0.25) is 4.90 Å². The van der Waals surface area contributed by atoms with Gasteiger partial charge in [0.15, 0.2) is 0 Å². The number of guanidine groups is 2. The molecule has 1 spiro atoms. The van der Waals surface area contributed by atoms with Crippen LogP contribution in [0.25, 0.3) is 0 Å². The van der Waals surface area contributed by atoms with Crippen LogP contribution in [0.1, 0.15) is 46.0 Å². The monoisotopic (exact) mass is 378 g/mol. The first kappa shape index (κ1) is 18.7. The normalized spacial score (nSPS) is 20.2. The molecule has 1 aliphatic carbocycles. The van der Waals surface area contributed by atoms with Crippen LogP contribution in [0.3, 0.4) is 0 Å². The fourth-order valence-corrected chi connectivity index (χ4v) is 4.95. The van der Waals surface area contributed by atoms with Crippen molar-refractivity contribution in [3.05, 3.63) is 24.3 Å². The van der Waals surface area contributed by atoms with E-state index in [2.05, 4.69) is 14.7 Å². The quantitative estimate of drug-likeness (QED) is 0.731. The minimum atomic E-state index is -3.61. The van der Waals surface area contributed by atoms with E-state index < -0.39 is 15.7 Å². The number of hydrogen-bond donors (Lipinski definition) is 3. The third-order valence-corrected chi connectivity index (χ3v) is 6.28. The smallest absolute Gasteiger partial charge is 0.240 e. The molecule has 1 aromatic rings. The van der Waals surface area contributed by atoms with Gasteiger partial charge in [0.05, 0.1) is 4.90 Å². The average molecular weight is 379 g/mol. The second kappa shape index (κ2) is 6.88. The Morgan fingerprint density at radius 2 is 1.88 bits per heavy atom. The van der Waals surface area contributed by atoms with Crippen molar-refractivity contribution in [2.45, 2.75) is 62.6 Å². The molecule has 0 unspecified atom stereocenters. The Morgan fingerprint density at radius 1 is 1.19 bits per heavy atom. The van der Waals surface area contributed by atoms with E-state index in [1.165, 1.54) is 0 Å². The SMILES string of the molecule is CC(C)NS(=O)(=O)c1cccc(N2C(N)=NC(N)=NC23CCCCC3)c1. The lowest BCUT2D eigenvalue weighted by Crippen LogP contribution is -2.58. The number of aliphatic imine (C=N–C) groups is 2. The lowest BCUT2D eigenvalue weighted by atomic mass is 9.87. The van der Waals surface area contributed by atoms with Crippen molar-refractivity contribution in [2.24, 2.45) is 21.5 Å². The van der Waals surface area contributed by atoms with E-state index >= 15 is 0 Å². The van der Waals surface area contributed by atoms with Crippen molar-refractivity contribution in [3.8, 4) is 0 Å². The minimum Gasteiger partial charge on any atom is -0.369 e. The fraction of sp³-hybridized carbons (Fsp3) is 0.529. The molecule has 0 saturated heterocycles. The summed E-state index contributed by atoms with van der Waals surface area (Å²) in [4.78, 5) is 10.7. The first-order chi connectivity index (χ1) is 12.2. The molecule has 142 valence electrons. The van der Waals surface area contributed by atoms with Gasteiger partial charge in [-0.1, -0.05) is 12.5 Å². The lowest BCUT2D eigenvalue weighted by Gasteiger charge is -2.45. The predicted octanol–water partition coefficient (Wildman–Crippen LogP) is 1.48. The van der Waals surface area contributed by atoms with Gasteiger partial charge in [-0.15, -0.1) is 0 Å². The Balaban J connectivity index is 2.04. The molecule has 3 rings (SSSR count). The number of nitrogens with two attached hydrogens (primary N) is 2. The summed E-state index contributed by atoms with van der Waals surface area (Å²) in [5.74, 6) is 0.414. The zero-order valence-corrected chi connectivity index (χ0v) is 16.0. The third-order valence-electron chi connectivity index (χ3n) is 4.63. The summed E-state index contributed by atoms with van der Waals surface area (Å²) in [6.45, 7) is 3.57. The predicted molar refractivity (Wildman–Crippen MR) is 103 cm³/mol. The maximum atomic E-state index is 12.5. The van der Waals surface area contributed by atoms with Crippen molar-refractivity contribution in [2.75, 3.05) is 4.90 Å². The number of nitrogens with one attached hydrogen (secondary N) is 1. The summed E-state index contributed by atoms with van der Waals surface area (Å²) < 4.78 is 27.7. The van der Waals surface area contributed by atoms with Crippen molar-refractivity contribution < 1.29 is 8.42 Å². The molecule has 1 aromatic carbocycles. The van der Waals surface area contributed by atoms with Crippen LogP contribution >= 0.6 is 0 Å². The molecular weight excluding hydrogens is 352 g/mol. The number of nitrogens with zero attached hydrogens (tertiary/aromatic N) is 3. The lowest BCUT2D eigenvalue weighted by molar-refractivity contribution is 0.305. The molecule has 1 fully saturated rings. The van der Waals surface area contributed by atoms with Gasteiger partial charge in [0.2, 0.25) is 21.9 Å². The fourth-order valence-electron chi connectivity index (χ4n) is 3.66. The van der Waals surface area contributed by atoms with Gasteiger partial charge in [0, 0.05) is 11.7 Å². The highest BCUT2D eigenvalue weighted by molar-refractivity contribution is 7.89. The molecule has 1 aliphatic heterocycles.